The first-order chi connectivity index (χ1) is 12.0. The molecule has 0 bridgehead atoms. The number of carboxylic acids is 1. The molecule has 0 radical (unpaired) electrons. The van der Waals surface area contributed by atoms with Gasteiger partial charge >= 0.3 is 5.97 Å². The van der Waals surface area contributed by atoms with Crippen molar-refractivity contribution in [2.45, 2.75) is 13.0 Å². The molecular formula is C17H25N3O5. The van der Waals surface area contributed by atoms with Crippen molar-refractivity contribution in [2.24, 2.45) is 0 Å². The number of benzene rings is 1. The van der Waals surface area contributed by atoms with Crippen LogP contribution in [0.2, 0.25) is 0 Å². The second kappa shape index (κ2) is 11.2. The van der Waals surface area contributed by atoms with Crippen LogP contribution in [0.5, 0.6) is 0 Å². The number of rotatable bonds is 6. The lowest BCUT2D eigenvalue weighted by atomic mass is 10.1. The van der Waals surface area contributed by atoms with E-state index in [0.717, 1.165) is 38.3 Å². The van der Waals surface area contributed by atoms with Gasteiger partial charge in [-0.1, -0.05) is 12.1 Å². The Bertz CT molecular complexity index is 554. The lowest BCUT2D eigenvalue weighted by Crippen LogP contribution is -2.45. The minimum Gasteiger partial charge on any atom is -0.483 e. The third kappa shape index (κ3) is 8.27. The van der Waals surface area contributed by atoms with Crippen LogP contribution in [-0.4, -0.2) is 78.1 Å². The largest absolute Gasteiger partial charge is 0.483 e. The summed E-state index contributed by atoms with van der Waals surface area (Å²) < 4.78 is 0. The predicted octanol–water partition coefficient (Wildman–Crippen LogP) is 0.339. The molecule has 8 heteroatoms. The monoisotopic (exact) mass is 351 g/mol. The lowest BCUT2D eigenvalue weighted by Gasteiger charge is -2.32. The SMILES string of the molecule is CN1CCN(CCC(=O)NCc2ccc(C(=O)O)cc2)CC1.O=CO. The Labute approximate surface area is 147 Å². The number of hydrogen-bond acceptors (Lipinski definition) is 5. The molecule has 25 heavy (non-hydrogen) atoms. The van der Waals surface area contributed by atoms with Gasteiger partial charge in [-0.2, -0.15) is 0 Å². The van der Waals surface area contributed by atoms with Gasteiger partial charge in [-0.25, -0.2) is 4.79 Å². The van der Waals surface area contributed by atoms with Crippen LogP contribution >= 0.6 is 0 Å². The third-order valence-electron chi connectivity index (χ3n) is 3.94. The molecule has 0 atom stereocenters. The standard InChI is InChI=1S/C16H23N3O3.CH2O2/c1-18-8-10-19(11-9-18)7-6-15(20)17-12-13-2-4-14(5-3-13)16(21)22;2-1-3/h2-5H,6-12H2,1H3,(H,17,20)(H,21,22);1H,(H,2,3). The molecule has 0 spiro atoms. The van der Waals surface area contributed by atoms with Crippen LogP contribution in [-0.2, 0) is 16.1 Å². The Morgan fingerprint density at radius 3 is 2.24 bits per heavy atom. The van der Waals surface area contributed by atoms with E-state index in [9.17, 15) is 9.59 Å². The molecule has 138 valence electrons. The lowest BCUT2D eigenvalue weighted by molar-refractivity contribution is -0.123. The normalized spacial score (nSPS) is 14.9. The van der Waals surface area contributed by atoms with Gasteiger partial charge in [0.1, 0.15) is 0 Å². The first kappa shape index (κ1) is 20.6. The molecular weight excluding hydrogens is 326 g/mol. The number of hydrogen-bond donors (Lipinski definition) is 3. The van der Waals surface area contributed by atoms with Crippen molar-refractivity contribution in [2.75, 3.05) is 39.8 Å². The Hall–Kier alpha value is -2.45. The number of carbonyl (C=O) groups excluding carboxylic acids is 1. The molecule has 0 aromatic heterocycles. The van der Waals surface area contributed by atoms with Crippen LogP contribution in [0.3, 0.4) is 0 Å². The molecule has 2 rings (SSSR count). The fraction of sp³-hybridized carbons (Fsp3) is 0.471. The molecule has 1 aliphatic rings. The molecule has 1 heterocycles. The predicted molar refractivity (Wildman–Crippen MR) is 92.5 cm³/mol. The summed E-state index contributed by atoms with van der Waals surface area (Å²) in [5.74, 6) is -0.913. The summed E-state index contributed by atoms with van der Waals surface area (Å²) in [5, 5.41) is 18.6. The van der Waals surface area contributed by atoms with Crippen molar-refractivity contribution in [1.29, 1.82) is 0 Å². The summed E-state index contributed by atoms with van der Waals surface area (Å²) >= 11 is 0. The van der Waals surface area contributed by atoms with Crippen LogP contribution in [0, 0.1) is 0 Å². The summed E-state index contributed by atoms with van der Waals surface area (Å²) in [6.07, 6.45) is 0.497. The van der Waals surface area contributed by atoms with Gasteiger partial charge in [-0.3, -0.25) is 9.59 Å². The third-order valence-corrected chi connectivity index (χ3v) is 3.94. The van der Waals surface area contributed by atoms with Gasteiger partial charge in [-0.05, 0) is 24.7 Å². The molecule has 1 saturated heterocycles. The van der Waals surface area contributed by atoms with E-state index in [2.05, 4.69) is 22.2 Å². The number of piperazine rings is 1. The zero-order chi connectivity index (χ0) is 18.7. The Kier molecular flexibility index (Phi) is 9.20. The molecule has 1 aliphatic heterocycles. The van der Waals surface area contributed by atoms with E-state index in [4.69, 9.17) is 15.0 Å². The van der Waals surface area contributed by atoms with Gasteiger partial charge in [0.15, 0.2) is 0 Å². The maximum Gasteiger partial charge on any atom is 0.335 e. The van der Waals surface area contributed by atoms with Crippen molar-refractivity contribution < 1.29 is 24.6 Å². The van der Waals surface area contributed by atoms with E-state index in [1.807, 2.05) is 0 Å². The highest BCUT2D eigenvalue weighted by molar-refractivity contribution is 5.87. The summed E-state index contributed by atoms with van der Waals surface area (Å²) in [4.78, 5) is 35.6. The smallest absolute Gasteiger partial charge is 0.335 e. The van der Waals surface area contributed by atoms with E-state index in [1.54, 1.807) is 24.3 Å². The zero-order valence-corrected chi connectivity index (χ0v) is 14.4. The van der Waals surface area contributed by atoms with Crippen LogP contribution in [0.15, 0.2) is 24.3 Å². The molecule has 8 nitrogen and oxygen atoms in total. The first-order valence-corrected chi connectivity index (χ1v) is 8.04. The number of nitrogens with one attached hydrogen (secondary N) is 1. The van der Waals surface area contributed by atoms with Crippen molar-refractivity contribution in [1.82, 2.24) is 15.1 Å². The number of likely N-dealkylation sites (N-methyl/N-ethyl adjacent to an activating group) is 1. The average molecular weight is 351 g/mol. The quantitative estimate of drug-likeness (QED) is 0.634. The summed E-state index contributed by atoms with van der Waals surface area (Å²) in [7, 11) is 2.11. The molecule has 3 N–H and O–H groups in total. The van der Waals surface area contributed by atoms with Gasteiger partial charge in [0.2, 0.25) is 5.91 Å². The molecule has 0 aliphatic carbocycles. The number of amides is 1. The molecule has 1 fully saturated rings. The topological polar surface area (TPSA) is 110 Å². The van der Waals surface area contributed by atoms with E-state index in [0.29, 0.717) is 13.0 Å². The van der Waals surface area contributed by atoms with Gasteiger partial charge in [0.05, 0.1) is 5.56 Å². The van der Waals surface area contributed by atoms with Gasteiger partial charge in [0.25, 0.3) is 6.47 Å². The number of carboxylic acid groups (broad SMARTS) is 2. The van der Waals surface area contributed by atoms with E-state index in [-0.39, 0.29) is 17.9 Å². The van der Waals surface area contributed by atoms with E-state index in [1.165, 1.54) is 0 Å². The molecule has 1 aromatic rings. The minimum absolute atomic E-state index is 0.0289. The maximum absolute atomic E-state index is 11.9. The van der Waals surface area contributed by atoms with Crippen molar-refractivity contribution in [3.05, 3.63) is 35.4 Å². The van der Waals surface area contributed by atoms with Gasteiger partial charge in [0, 0.05) is 45.7 Å². The van der Waals surface area contributed by atoms with Crippen molar-refractivity contribution in [3.8, 4) is 0 Å². The minimum atomic E-state index is -0.942. The summed E-state index contributed by atoms with van der Waals surface area (Å²) in [6.45, 7) is 5.11. The highest BCUT2D eigenvalue weighted by atomic mass is 16.4. The van der Waals surface area contributed by atoms with Crippen LogP contribution in [0.1, 0.15) is 22.3 Å². The van der Waals surface area contributed by atoms with Gasteiger partial charge in [-0.15, -0.1) is 0 Å². The average Bonchev–Trinajstić information content (AvgIpc) is 2.60. The molecule has 1 aromatic carbocycles. The fourth-order valence-electron chi connectivity index (χ4n) is 2.39. The van der Waals surface area contributed by atoms with E-state index >= 15 is 0 Å². The molecule has 0 saturated carbocycles. The molecule has 0 unspecified atom stereocenters. The Morgan fingerprint density at radius 2 is 1.72 bits per heavy atom. The van der Waals surface area contributed by atoms with Crippen LogP contribution in [0.4, 0.5) is 0 Å². The zero-order valence-electron chi connectivity index (χ0n) is 14.4. The highest BCUT2D eigenvalue weighted by Gasteiger charge is 2.14. The fourth-order valence-corrected chi connectivity index (χ4v) is 2.39. The number of aromatic carboxylic acids is 1. The summed E-state index contributed by atoms with van der Waals surface area (Å²) in [5.41, 5.74) is 1.16. The Balaban J connectivity index is 0.000000970. The van der Waals surface area contributed by atoms with Crippen LogP contribution < -0.4 is 5.32 Å². The summed E-state index contributed by atoms with van der Waals surface area (Å²) in [6, 6.07) is 6.55. The number of nitrogens with zero attached hydrogens (tertiary/aromatic N) is 2. The maximum atomic E-state index is 11.9. The van der Waals surface area contributed by atoms with E-state index < -0.39 is 5.97 Å². The second-order valence-corrected chi connectivity index (χ2v) is 5.78. The van der Waals surface area contributed by atoms with Crippen molar-refractivity contribution in [3.63, 3.8) is 0 Å². The Morgan fingerprint density at radius 1 is 1.16 bits per heavy atom. The second-order valence-electron chi connectivity index (χ2n) is 5.78. The number of carbonyl (C=O) groups is 3. The van der Waals surface area contributed by atoms with Crippen molar-refractivity contribution >= 4 is 18.3 Å². The van der Waals surface area contributed by atoms with Gasteiger partial charge < -0.3 is 25.3 Å². The van der Waals surface area contributed by atoms with Crippen LogP contribution in [0.25, 0.3) is 0 Å². The molecule has 1 amide bonds. The highest BCUT2D eigenvalue weighted by Crippen LogP contribution is 2.05. The first-order valence-electron chi connectivity index (χ1n) is 8.04.